The van der Waals surface area contributed by atoms with Crippen LogP contribution < -0.4 is 16.0 Å². The molecule has 0 bridgehead atoms. The minimum atomic E-state index is 0.388. The summed E-state index contributed by atoms with van der Waals surface area (Å²) in [5.74, 6) is 1.00. The molecule has 0 aliphatic carbocycles. The molecule has 1 atom stereocenters. The van der Waals surface area contributed by atoms with E-state index in [9.17, 15) is 0 Å². The minimum Gasteiger partial charge on any atom is -0.385 e. The Morgan fingerprint density at radius 3 is 2.96 bits per heavy atom. The highest BCUT2D eigenvalue weighted by Gasteiger charge is 2.18. The van der Waals surface area contributed by atoms with Gasteiger partial charge in [0.05, 0.1) is 17.6 Å². The molecular formula is C22H29N5. The topological polar surface area (TPSA) is 64.8 Å². The second-order valence-corrected chi connectivity index (χ2v) is 7.27. The van der Waals surface area contributed by atoms with Gasteiger partial charge >= 0.3 is 0 Å². The maximum absolute atomic E-state index is 4.62. The molecule has 0 fully saturated rings. The standard InChI is InChI=1S/C22H29N5/c1-23-18(17-9-4-7-16-8-5-14-25-22(16)17)12-6-13-24-15-21-26-19-10-2-3-11-20(19)27-21/h2-4,7,9-11,18,23-25H,5-6,8,12-15H2,1H3,(H,26,27). The van der Waals surface area contributed by atoms with Crippen molar-refractivity contribution < 1.29 is 0 Å². The van der Waals surface area contributed by atoms with E-state index in [1.165, 1.54) is 29.7 Å². The van der Waals surface area contributed by atoms with Gasteiger partial charge < -0.3 is 20.9 Å². The minimum absolute atomic E-state index is 0.388. The highest BCUT2D eigenvalue weighted by molar-refractivity contribution is 5.74. The van der Waals surface area contributed by atoms with Crippen molar-refractivity contribution in [1.29, 1.82) is 0 Å². The van der Waals surface area contributed by atoms with E-state index in [2.05, 4.69) is 57.2 Å². The molecule has 5 nitrogen and oxygen atoms in total. The van der Waals surface area contributed by atoms with Crippen LogP contribution in [0.25, 0.3) is 11.0 Å². The molecule has 3 aromatic rings. The van der Waals surface area contributed by atoms with E-state index >= 15 is 0 Å². The van der Waals surface area contributed by atoms with Gasteiger partial charge in [0.25, 0.3) is 0 Å². The molecule has 0 amide bonds. The van der Waals surface area contributed by atoms with Gasteiger partial charge in [-0.25, -0.2) is 4.98 Å². The fraction of sp³-hybridized carbons (Fsp3) is 0.409. The first kappa shape index (κ1) is 18.0. The molecule has 0 saturated heterocycles. The third-order valence-corrected chi connectivity index (χ3v) is 5.41. The average Bonchev–Trinajstić information content (AvgIpc) is 3.13. The van der Waals surface area contributed by atoms with Crippen molar-refractivity contribution in [2.75, 3.05) is 25.5 Å². The Morgan fingerprint density at radius 1 is 1.15 bits per heavy atom. The number of rotatable bonds is 8. The van der Waals surface area contributed by atoms with Crippen molar-refractivity contribution >= 4 is 16.7 Å². The molecule has 27 heavy (non-hydrogen) atoms. The van der Waals surface area contributed by atoms with Crippen LogP contribution in [0.15, 0.2) is 42.5 Å². The van der Waals surface area contributed by atoms with Crippen LogP contribution in [-0.2, 0) is 13.0 Å². The second-order valence-electron chi connectivity index (χ2n) is 7.27. The largest absolute Gasteiger partial charge is 0.385 e. The van der Waals surface area contributed by atoms with E-state index in [0.29, 0.717) is 6.04 Å². The van der Waals surface area contributed by atoms with Crippen molar-refractivity contribution in [3.63, 3.8) is 0 Å². The average molecular weight is 364 g/mol. The van der Waals surface area contributed by atoms with Crippen molar-refractivity contribution in [3.05, 3.63) is 59.4 Å². The number of fused-ring (bicyclic) bond motifs is 2. The summed E-state index contributed by atoms with van der Waals surface area (Å²) in [6.07, 6.45) is 4.65. The summed E-state index contributed by atoms with van der Waals surface area (Å²) in [6.45, 7) is 2.85. The molecule has 142 valence electrons. The molecule has 0 spiro atoms. The van der Waals surface area contributed by atoms with E-state index in [-0.39, 0.29) is 0 Å². The highest BCUT2D eigenvalue weighted by Crippen LogP contribution is 2.32. The van der Waals surface area contributed by atoms with Crippen LogP contribution in [0.3, 0.4) is 0 Å². The smallest absolute Gasteiger partial charge is 0.121 e. The normalized spacial score (nSPS) is 14.7. The third-order valence-electron chi connectivity index (χ3n) is 5.41. The number of aromatic amines is 1. The fourth-order valence-corrected chi connectivity index (χ4v) is 4.01. The first-order chi connectivity index (χ1) is 13.3. The number of aryl methyl sites for hydroxylation is 1. The molecule has 2 heterocycles. The molecule has 4 rings (SSSR count). The number of hydrogen-bond acceptors (Lipinski definition) is 4. The summed E-state index contributed by atoms with van der Waals surface area (Å²) >= 11 is 0. The van der Waals surface area contributed by atoms with Gasteiger partial charge in [0.2, 0.25) is 0 Å². The Kier molecular flexibility index (Phi) is 5.70. The zero-order valence-electron chi connectivity index (χ0n) is 16.0. The molecule has 0 saturated carbocycles. The first-order valence-corrected chi connectivity index (χ1v) is 10.0. The molecule has 0 radical (unpaired) electrons. The van der Waals surface area contributed by atoms with Crippen molar-refractivity contribution in [3.8, 4) is 0 Å². The van der Waals surface area contributed by atoms with Crippen LogP contribution in [0.2, 0.25) is 0 Å². The zero-order valence-corrected chi connectivity index (χ0v) is 16.0. The molecule has 1 aromatic heterocycles. The summed E-state index contributed by atoms with van der Waals surface area (Å²) < 4.78 is 0. The Hall–Kier alpha value is -2.37. The lowest BCUT2D eigenvalue weighted by atomic mass is 9.93. The molecule has 2 aromatic carbocycles. The monoisotopic (exact) mass is 363 g/mol. The van der Waals surface area contributed by atoms with E-state index < -0.39 is 0 Å². The number of nitrogens with one attached hydrogen (secondary N) is 4. The number of hydrogen-bond donors (Lipinski definition) is 4. The SMILES string of the molecule is CNC(CCCNCc1nc2ccccc2[nH]1)c1cccc2c1NCCC2. The van der Waals surface area contributed by atoms with E-state index in [4.69, 9.17) is 0 Å². The van der Waals surface area contributed by atoms with Crippen LogP contribution in [-0.4, -0.2) is 30.1 Å². The van der Waals surface area contributed by atoms with Gasteiger partial charge in [-0.1, -0.05) is 30.3 Å². The van der Waals surface area contributed by atoms with Gasteiger partial charge in [0.1, 0.15) is 5.82 Å². The lowest BCUT2D eigenvalue weighted by Crippen LogP contribution is -2.23. The van der Waals surface area contributed by atoms with E-state index in [0.717, 1.165) is 49.3 Å². The lowest BCUT2D eigenvalue weighted by Gasteiger charge is -2.26. The number of anilines is 1. The van der Waals surface area contributed by atoms with Crippen LogP contribution >= 0.6 is 0 Å². The molecule has 1 unspecified atom stereocenters. The molecular weight excluding hydrogens is 334 g/mol. The molecule has 5 heteroatoms. The van der Waals surface area contributed by atoms with Gasteiger partial charge in [-0.15, -0.1) is 0 Å². The van der Waals surface area contributed by atoms with Crippen molar-refractivity contribution in [1.82, 2.24) is 20.6 Å². The first-order valence-electron chi connectivity index (χ1n) is 10.0. The fourth-order valence-electron chi connectivity index (χ4n) is 4.01. The van der Waals surface area contributed by atoms with Crippen LogP contribution in [0, 0.1) is 0 Å². The number of aromatic nitrogens is 2. The zero-order chi connectivity index (χ0) is 18.5. The van der Waals surface area contributed by atoms with Crippen molar-refractivity contribution in [2.45, 2.75) is 38.3 Å². The predicted molar refractivity (Wildman–Crippen MR) is 112 cm³/mol. The third kappa shape index (κ3) is 4.15. The molecule has 1 aliphatic heterocycles. The van der Waals surface area contributed by atoms with E-state index in [1.807, 2.05) is 18.2 Å². The quantitative estimate of drug-likeness (QED) is 0.460. The molecule has 4 N–H and O–H groups in total. The van der Waals surface area contributed by atoms with Gasteiger partial charge in [0.15, 0.2) is 0 Å². The van der Waals surface area contributed by atoms with Gasteiger partial charge in [-0.05, 0) is 62.5 Å². The number of benzene rings is 2. The maximum Gasteiger partial charge on any atom is 0.121 e. The number of imidazole rings is 1. The van der Waals surface area contributed by atoms with Crippen LogP contribution in [0.4, 0.5) is 5.69 Å². The van der Waals surface area contributed by atoms with Gasteiger partial charge in [-0.3, -0.25) is 0 Å². The number of H-pyrrole nitrogens is 1. The predicted octanol–water partition coefficient (Wildman–Crippen LogP) is 3.75. The summed E-state index contributed by atoms with van der Waals surface area (Å²) in [4.78, 5) is 7.99. The Bertz CT molecular complexity index is 852. The van der Waals surface area contributed by atoms with Gasteiger partial charge in [0, 0.05) is 18.3 Å². The maximum atomic E-state index is 4.62. The summed E-state index contributed by atoms with van der Waals surface area (Å²) in [7, 11) is 2.06. The Morgan fingerprint density at radius 2 is 2.07 bits per heavy atom. The van der Waals surface area contributed by atoms with Crippen LogP contribution in [0.1, 0.15) is 42.3 Å². The molecule has 1 aliphatic rings. The number of nitrogens with zero attached hydrogens (tertiary/aromatic N) is 1. The second kappa shape index (κ2) is 8.55. The van der Waals surface area contributed by atoms with E-state index in [1.54, 1.807) is 0 Å². The highest BCUT2D eigenvalue weighted by atomic mass is 15.0. The summed E-state index contributed by atoms with van der Waals surface area (Å²) in [5, 5.41) is 10.6. The van der Waals surface area contributed by atoms with Crippen LogP contribution in [0.5, 0.6) is 0 Å². The van der Waals surface area contributed by atoms with Crippen molar-refractivity contribution in [2.24, 2.45) is 0 Å². The summed E-state index contributed by atoms with van der Waals surface area (Å²) in [5.41, 5.74) is 6.36. The van der Waals surface area contributed by atoms with Gasteiger partial charge in [-0.2, -0.15) is 0 Å². The lowest BCUT2D eigenvalue weighted by molar-refractivity contribution is 0.506. The summed E-state index contributed by atoms with van der Waals surface area (Å²) in [6, 6.07) is 15.3. The Balaban J connectivity index is 1.29. The Labute approximate surface area is 161 Å². The number of para-hydroxylation sites is 3.